The van der Waals surface area contributed by atoms with Crippen LogP contribution in [-0.4, -0.2) is 20.9 Å². The number of benzene rings is 2. The Hall–Kier alpha value is -2.25. The number of hydrogen-bond donors (Lipinski definition) is 2. The van der Waals surface area contributed by atoms with E-state index in [2.05, 4.69) is 10.0 Å². The van der Waals surface area contributed by atoms with Crippen LogP contribution in [-0.2, 0) is 27.7 Å². The first-order chi connectivity index (χ1) is 12.8. The van der Waals surface area contributed by atoms with Crippen LogP contribution in [0.3, 0.4) is 0 Å². The Morgan fingerprint density at radius 1 is 1.07 bits per heavy atom. The lowest BCUT2D eigenvalue weighted by atomic mass is 9.92. The minimum Gasteiger partial charge on any atom is -0.326 e. The Balaban J connectivity index is 1.55. The van der Waals surface area contributed by atoms with Gasteiger partial charge in [-0.1, -0.05) is 12.1 Å². The zero-order valence-electron chi connectivity index (χ0n) is 15.2. The van der Waals surface area contributed by atoms with Crippen molar-refractivity contribution in [3.8, 4) is 0 Å². The number of fused-ring (bicyclic) bond motifs is 1. The SMILES string of the molecule is Cc1ccc(NC(=O)CCNS(=O)(=O)c2ccc3c(c2)CCCC3)cc1F. The number of nitrogens with one attached hydrogen (secondary N) is 2. The van der Waals surface area contributed by atoms with Crippen molar-refractivity contribution in [3.63, 3.8) is 0 Å². The van der Waals surface area contributed by atoms with E-state index in [-0.39, 0.29) is 23.8 Å². The maximum Gasteiger partial charge on any atom is 0.240 e. The monoisotopic (exact) mass is 390 g/mol. The highest BCUT2D eigenvalue weighted by atomic mass is 32.2. The first-order valence-corrected chi connectivity index (χ1v) is 10.5. The van der Waals surface area contributed by atoms with Gasteiger partial charge in [0, 0.05) is 18.7 Å². The average molecular weight is 390 g/mol. The Labute approximate surface area is 159 Å². The summed E-state index contributed by atoms with van der Waals surface area (Å²) in [5.41, 5.74) is 3.14. The van der Waals surface area contributed by atoms with Gasteiger partial charge in [-0.15, -0.1) is 0 Å². The van der Waals surface area contributed by atoms with Gasteiger partial charge >= 0.3 is 0 Å². The molecule has 2 aromatic carbocycles. The second-order valence-electron chi connectivity index (χ2n) is 6.80. The van der Waals surface area contributed by atoms with E-state index >= 15 is 0 Å². The smallest absolute Gasteiger partial charge is 0.240 e. The molecule has 0 spiro atoms. The molecule has 7 heteroatoms. The van der Waals surface area contributed by atoms with Crippen LogP contribution in [0.1, 0.15) is 36.0 Å². The lowest BCUT2D eigenvalue weighted by Gasteiger charge is -2.16. The van der Waals surface area contributed by atoms with Crippen LogP contribution >= 0.6 is 0 Å². The van der Waals surface area contributed by atoms with Gasteiger partial charge in [-0.3, -0.25) is 4.79 Å². The molecule has 0 unspecified atom stereocenters. The zero-order valence-corrected chi connectivity index (χ0v) is 16.0. The Morgan fingerprint density at radius 3 is 2.56 bits per heavy atom. The Bertz CT molecular complexity index is 958. The first kappa shape index (κ1) is 19.5. The summed E-state index contributed by atoms with van der Waals surface area (Å²) in [6.07, 6.45) is 4.05. The van der Waals surface area contributed by atoms with Gasteiger partial charge in [-0.05, 0) is 73.6 Å². The maximum atomic E-state index is 13.5. The molecule has 2 aromatic rings. The predicted molar refractivity (Wildman–Crippen MR) is 103 cm³/mol. The fourth-order valence-corrected chi connectivity index (χ4v) is 4.24. The molecule has 5 nitrogen and oxygen atoms in total. The normalized spacial score (nSPS) is 13.9. The molecule has 0 saturated carbocycles. The third kappa shape index (κ3) is 4.93. The van der Waals surface area contributed by atoms with Crippen molar-refractivity contribution in [1.82, 2.24) is 4.72 Å². The van der Waals surface area contributed by atoms with E-state index in [9.17, 15) is 17.6 Å². The highest BCUT2D eigenvalue weighted by Gasteiger charge is 2.18. The summed E-state index contributed by atoms with van der Waals surface area (Å²) in [5.74, 6) is -0.785. The highest BCUT2D eigenvalue weighted by molar-refractivity contribution is 7.89. The second-order valence-corrected chi connectivity index (χ2v) is 8.56. The average Bonchev–Trinajstić information content (AvgIpc) is 2.64. The minimum absolute atomic E-state index is 0.0282. The molecule has 2 N–H and O–H groups in total. The topological polar surface area (TPSA) is 75.3 Å². The standard InChI is InChI=1S/C20H23FN2O3S/c1-14-6-8-17(13-19(14)21)23-20(24)10-11-22-27(25,26)18-9-7-15-4-2-3-5-16(15)12-18/h6-9,12-13,22H,2-5,10-11H2,1H3,(H,23,24). The maximum absolute atomic E-state index is 13.5. The number of hydrogen-bond acceptors (Lipinski definition) is 3. The molecule has 0 fully saturated rings. The van der Waals surface area contributed by atoms with Crippen LogP contribution in [0.4, 0.5) is 10.1 Å². The van der Waals surface area contributed by atoms with Crippen molar-refractivity contribution in [2.75, 3.05) is 11.9 Å². The molecule has 3 rings (SSSR count). The molecule has 144 valence electrons. The number of carbonyl (C=O) groups is 1. The number of halogens is 1. The summed E-state index contributed by atoms with van der Waals surface area (Å²) in [4.78, 5) is 12.2. The number of anilines is 1. The van der Waals surface area contributed by atoms with Crippen molar-refractivity contribution < 1.29 is 17.6 Å². The van der Waals surface area contributed by atoms with Gasteiger partial charge in [-0.25, -0.2) is 17.5 Å². The third-order valence-corrected chi connectivity index (χ3v) is 6.19. The summed E-state index contributed by atoms with van der Waals surface area (Å²) in [7, 11) is -3.66. The van der Waals surface area contributed by atoms with E-state index in [0.29, 0.717) is 11.3 Å². The largest absolute Gasteiger partial charge is 0.326 e. The number of carbonyl (C=O) groups excluding carboxylic acids is 1. The molecule has 0 aromatic heterocycles. The lowest BCUT2D eigenvalue weighted by Crippen LogP contribution is -2.28. The van der Waals surface area contributed by atoms with E-state index in [4.69, 9.17) is 0 Å². The Kier molecular flexibility index (Phi) is 5.92. The Morgan fingerprint density at radius 2 is 1.81 bits per heavy atom. The van der Waals surface area contributed by atoms with E-state index in [1.165, 1.54) is 11.6 Å². The molecule has 0 saturated heterocycles. The fraction of sp³-hybridized carbons (Fsp3) is 0.350. The van der Waals surface area contributed by atoms with Crippen LogP contribution in [0.5, 0.6) is 0 Å². The summed E-state index contributed by atoms with van der Waals surface area (Å²) in [5, 5.41) is 2.56. The first-order valence-electron chi connectivity index (χ1n) is 9.02. The summed E-state index contributed by atoms with van der Waals surface area (Å²) in [6, 6.07) is 9.64. The van der Waals surface area contributed by atoms with Crippen molar-refractivity contribution in [3.05, 3.63) is 58.9 Å². The van der Waals surface area contributed by atoms with Crippen LogP contribution in [0.15, 0.2) is 41.3 Å². The van der Waals surface area contributed by atoms with Gasteiger partial charge in [0.15, 0.2) is 0 Å². The van der Waals surface area contributed by atoms with E-state index in [1.807, 2.05) is 6.07 Å². The molecule has 0 atom stereocenters. The number of aryl methyl sites for hydroxylation is 3. The van der Waals surface area contributed by atoms with E-state index in [1.54, 1.807) is 31.2 Å². The molecule has 0 bridgehead atoms. The minimum atomic E-state index is -3.66. The molecule has 1 aliphatic carbocycles. The van der Waals surface area contributed by atoms with Crippen LogP contribution in [0.25, 0.3) is 0 Å². The highest BCUT2D eigenvalue weighted by Crippen LogP contribution is 2.24. The van der Waals surface area contributed by atoms with Crippen molar-refractivity contribution in [1.29, 1.82) is 0 Å². The molecule has 0 radical (unpaired) electrons. The van der Waals surface area contributed by atoms with Crippen molar-refractivity contribution >= 4 is 21.6 Å². The molecular formula is C20H23FN2O3S. The van der Waals surface area contributed by atoms with Crippen LogP contribution in [0.2, 0.25) is 0 Å². The fourth-order valence-electron chi connectivity index (χ4n) is 3.15. The van der Waals surface area contributed by atoms with Crippen LogP contribution < -0.4 is 10.0 Å². The van der Waals surface area contributed by atoms with Gasteiger partial charge in [0.25, 0.3) is 0 Å². The molecule has 27 heavy (non-hydrogen) atoms. The third-order valence-electron chi connectivity index (χ3n) is 4.73. The lowest BCUT2D eigenvalue weighted by molar-refractivity contribution is -0.116. The zero-order chi connectivity index (χ0) is 19.4. The van der Waals surface area contributed by atoms with Gasteiger partial charge < -0.3 is 5.32 Å². The number of amides is 1. The van der Waals surface area contributed by atoms with Gasteiger partial charge in [0.05, 0.1) is 4.90 Å². The summed E-state index contributed by atoms with van der Waals surface area (Å²) in [6.45, 7) is 1.61. The van der Waals surface area contributed by atoms with Gasteiger partial charge in [0.1, 0.15) is 5.82 Å². The molecule has 1 amide bonds. The summed E-state index contributed by atoms with van der Waals surface area (Å²) < 4.78 is 40.9. The van der Waals surface area contributed by atoms with Gasteiger partial charge in [-0.2, -0.15) is 0 Å². The number of rotatable bonds is 6. The van der Waals surface area contributed by atoms with Gasteiger partial charge in [0.2, 0.25) is 15.9 Å². The number of sulfonamides is 1. The molecule has 1 aliphatic rings. The van der Waals surface area contributed by atoms with Crippen LogP contribution in [0, 0.1) is 12.7 Å². The van der Waals surface area contributed by atoms with Crippen molar-refractivity contribution in [2.45, 2.75) is 43.9 Å². The van der Waals surface area contributed by atoms with Crippen molar-refractivity contribution in [2.24, 2.45) is 0 Å². The van der Waals surface area contributed by atoms with E-state index < -0.39 is 15.8 Å². The second kappa shape index (κ2) is 8.19. The molecule has 0 aliphatic heterocycles. The molecule has 0 heterocycles. The quantitative estimate of drug-likeness (QED) is 0.795. The molecular weight excluding hydrogens is 367 g/mol. The van der Waals surface area contributed by atoms with E-state index in [0.717, 1.165) is 31.2 Å². The summed E-state index contributed by atoms with van der Waals surface area (Å²) >= 11 is 0. The predicted octanol–water partition coefficient (Wildman–Crippen LogP) is 3.32.